The van der Waals surface area contributed by atoms with E-state index in [0.717, 1.165) is 34.1 Å². The molecule has 0 amide bonds. The van der Waals surface area contributed by atoms with Crippen molar-refractivity contribution in [1.82, 2.24) is 0 Å². The Kier molecular flexibility index (Phi) is 11.0. The molecule has 0 radical (unpaired) electrons. The number of benzene rings is 14. The van der Waals surface area contributed by atoms with Gasteiger partial charge in [0.1, 0.15) is 0 Å². The van der Waals surface area contributed by atoms with Crippen LogP contribution in [0.2, 0.25) is 0 Å². The first kappa shape index (κ1) is 44.9. The second-order valence-corrected chi connectivity index (χ2v) is 20.1. The minimum absolute atomic E-state index is 1.13. The van der Waals surface area contributed by atoms with Gasteiger partial charge in [0.2, 0.25) is 0 Å². The molecule has 0 saturated carbocycles. The Morgan fingerprint density at radius 1 is 0.197 bits per heavy atom. The minimum atomic E-state index is 1.13. The Labute approximate surface area is 443 Å². The number of hydrogen-bond acceptors (Lipinski definition) is 2. The van der Waals surface area contributed by atoms with Crippen LogP contribution in [0.5, 0.6) is 0 Å². The van der Waals surface area contributed by atoms with Crippen LogP contribution in [0.25, 0.3) is 98.0 Å². The van der Waals surface area contributed by atoms with Crippen LogP contribution in [0, 0.1) is 13.8 Å². The van der Waals surface area contributed by atoms with Crippen molar-refractivity contribution in [3.63, 3.8) is 0 Å². The summed E-state index contributed by atoms with van der Waals surface area (Å²) in [6.07, 6.45) is 0. The fourth-order valence-electron chi connectivity index (χ4n) is 12.1. The van der Waals surface area contributed by atoms with Gasteiger partial charge in [-0.3, -0.25) is 0 Å². The van der Waals surface area contributed by atoms with E-state index in [1.807, 2.05) is 0 Å². The normalized spacial score (nSPS) is 11.6. The Balaban J connectivity index is 0.942. The lowest BCUT2D eigenvalue weighted by Gasteiger charge is -2.31. The largest absolute Gasteiger partial charge is 0.309 e. The van der Waals surface area contributed by atoms with Gasteiger partial charge in [-0.25, -0.2) is 0 Å². The van der Waals surface area contributed by atoms with E-state index < -0.39 is 0 Å². The molecule has 2 nitrogen and oxygen atoms in total. The summed E-state index contributed by atoms with van der Waals surface area (Å²) in [6, 6.07) is 103. The smallest absolute Gasteiger partial charge is 0.0546 e. The van der Waals surface area contributed by atoms with Gasteiger partial charge in [0.15, 0.2) is 0 Å². The van der Waals surface area contributed by atoms with Crippen LogP contribution in [0.4, 0.5) is 34.1 Å². The zero-order valence-corrected chi connectivity index (χ0v) is 42.5. The quantitative estimate of drug-likeness (QED) is 0.133. The van der Waals surface area contributed by atoms with Gasteiger partial charge in [0.25, 0.3) is 0 Å². The Hall–Kier alpha value is -9.76. The average Bonchev–Trinajstić information content (AvgIpc) is 3.48. The fraction of sp³-hybridized carbons (Fsp3) is 0.0270. The molecule has 2 heteroatoms. The molecule has 0 aliphatic heterocycles. The molecule has 76 heavy (non-hydrogen) atoms. The Morgan fingerprint density at radius 2 is 0.513 bits per heavy atom. The standard InChI is InChI=1S/C74H52N2/c1-49-45-53(41-43-69(49)75(73-47-55-23-5-9-29-59(55)61-31-11-13-35-67(61)73)71-39-17-15-33-65(71)63-37-19-25-51-21-3-7-27-57(51)63)54-42-44-70(50(2)46-54)76(74-48-56-24-6-10-30-60(56)62-32-12-14-36-68(62)74)72-40-18-16-34-66(72)64-38-20-26-52-22-4-8-28-58(52)64/h3-48H,1-2H3. The molecule has 14 rings (SSSR count). The summed E-state index contributed by atoms with van der Waals surface area (Å²) in [7, 11) is 0. The SMILES string of the molecule is Cc1cc(-c2ccc(N(c3ccccc3-c3cccc4ccccc34)c3cc4ccccc4c4ccccc34)c(C)c2)ccc1N(c1ccccc1-c1cccc2ccccc12)c1cc2ccccc2c2ccccc12. The predicted octanol–water partition coefficient (Wildman–Crippen LogP) is 21.2. The molecule has 0 atom stereocenters. The number of hydrogen-bond donors (Lipinski definition) is 0. The van der Waals surface area contributed by atoms with E-state index in [1.165, 1.54) is 109 Å². The van der Waals surface area contributed by atoms with Crippen molar-refractivity contribution in [3.8, 4) is 33.4 Å². The fourth-order valence-corrected chi connectivity index (χ4v) is 12.1. The summed E-state index contributed by atoms with van der Waals surface area (Å²) in [6.45, 7) is 4.54. The number of rotatable bonds is 9. The van der Waals surface area contributed by atoms with Crippen molar-refractivity contribution >= 4 is 98.8 Å². The maximum absolute atomic E-state index is 2.51. The second kappa shape index (κ2) is 18.6. The second-order valence-electron chi connectivity index (χ2n) is 20.1. The van der Waals surface area contributed by atoms with E-state index in [4.69, 9.17) is 0 Å². The molecule has 0 aromatic heterocycles. The maximum atomic E-state index is 2.51. The number of aryl methyl sites for hydroxylation is 2. The van der Waals surface area contributed by atoms with Crippen molar-refractivity contribution in [2.75, 3.05) is 9.80 Å². The first-order valence-electron chi connectivity index (χ1n) is 26.3. The van der Waals surface area contributed by atoms with Crippen molar-refractivity contribution in [1.29, 1.82) is 0 Å². The maximum Gasteiger partial charge on any atom is 0.0546 e. The average molecular weight is 969 g/mol. The summed E-state index contributed by atoms with van der Waals surface area (Å²) in [5.41, 5.74) is 16.3. The lowest BCUT2D eigenvalue weighted by molar-refractivity contribution is 1.26. The van der Waals surface area contributed by atoms with Crippen molar-refractivity contribution in [2.45, 2.75) is 13.8 Å². The molecule has 0 bridgehead atoms. The van der Waals surface area contributed by atoms with Gasteiger partial charge >= 0.3 is 0 Å². The van der Waals surface area contributed by atoms with Crippen LogP contribution in [-0.2, 0) is 0 Å². The molecule has 0 fully saturated rings. The van der Waals surface area contributed by atoms with Crippen LogP contribution in [0.3, 0.4) is 0 Å². The summed E-state index contributed by atoms with van der Waals surface area (Å²) < 4.78 is 0. The van der Waals surface area contributed by atoms with Gasteiger partial charge in [0, 0.05) is 33.3 Å². The van der Waals surface area contributed by atoms with Gasteiger partial charge in [-0.05, 0) is 150 Å². The van der Waals surface area contributed by atoms with Gasteiger partial charge < -0.3 is 9.80 Å². The molecule has 358 valence electrons. The lowest BCUT2D eigenvalue weighted by atomic mass is 9.93. The highest BCUT2D eigenvalue weighted by Crippen LogP contribution is 2.50. The topological polar surface area (TPSA) is 6.48 Å². The molecule has 0 heterocycles. The van der Waals surface area contributed by atoms with Crippen molar-refractivity contribution in [3.05, 3.63) is 290 Å². The molecular weight excluding hydrogens is 917 g/mol. The summed E-state index contributed by atoms with van der Waals surface area (Å²) in [5.74, 6) is 0. The highest BCUT2D eigenvalue weighted by molar-refractivity contribution is 6.17. The van der Waals surface area contributed by atoms with E-state index in [9.17, 15) is 0 Å². The van der Waals surface area contributed by atoms with Crippen LogP contribution in [-0.4, -0.2) is 0 Å². The first-order valence-corrected chi connectivity index (χ1v) is 26.3. The monoisotopic (exact) mass is 968 g/mol. The molecule has 0 saturated heterocycles. The number of anilines is 6. The Bertz CT molecular complexity index is 4280. The van der Waals surface area contributed by atoms with E-state index in [1.54, 1.807) is 0 Å². The first-order chi connectivity index (χ1) is 37.6. The van der Waals surface area contributed by atoms with E-state index in [-0.39, 0.29) is 0 Å². The molecule has 14 aromatic rings. The van der Waals surface area contributed by atoms with Crippen molar-refractivity contribution in [2.24, 2.45) is 0 Å². The van der Waals surface area contributed by atoms with Gasteiger partial charge in [-0.15, -0.1) is 0 Å². The van der Waals surface area contributed by atoms with Gasteiger partial charge in [0.05, 0.1) is 22.7 Å². The van der Waals surface area contributed by atoms with E-state index in [2.05, 4.69) is 303 Å². The Morgan fingerprint density at radius 3 is 0.934 bits per heavy atom. The molecular formula is C74H52N2. The summed E-state index contributed by atoms with van der Waals surface area (Å²) >= 11 is 0. The third-order valence-corrected chi connectivity index (χ3v) is 15.6. The van der Waals surface area contributed by atoms with E-state index >= 15 is 0 Å². The van der Waals surface area contributed by atoms with Crippen molar-refractivity contribution < 1.29 is 0 Å². The number of nitrogens with zero attached hydrogens (tertiary/aromatic N) is 2. The molecule has 0 aliphatic rings. The van der Waals surface area contributed by atoms with Crippen LogP contribution in [0.1, 0.15) is 11.1 Å². The predicted molar refractivity (Wildman–Crippen MR) is 327 cm³/mol. The highest BCUT2D eigenvalue weighted by atomic mass is 15.2. The summed E-state index contributed by atoms with van der Waals surface area (Å²) in [5, 5.41) is 14.7. The van der Waals surface area contributed by atoms with Crippen LogP contribution >= 0.6 is 0 Å². The number of fused-ring (bicyclic) bond motifs is 8. The van der Waals surface area contributed by atoms with E-state index in [0.29, 0.717) is 0 Å². The highest BCUT2D eigenvalue weighted by Gasteiger charge is 2.25. The molecule has 0 aliphatic carbocycles. The van der Waals surface area contributed by atoms with Gasteiger partial charge in [-0.2, -0.15) is 0 Å². The van der Waals surface area contributed by atoms with Crippen LogP contribution < -0.4 is 9.80 Å². The molecule has 14 aromatic carbocycles. The summed E-state index contributed by atoms with van der Waals surface area (Å²) in [4.78, 5) is 5.02. The third kappa shape index (κ3) is 7.57. The van der Waals surface area contributed by atoms with Gasteiger partial charge in [-0.1, -0.05) is 231 Å². The zero-order valence-electron chi connectivity index (χ0n) is 42.5. The lowest BCUT2D eigenvalue weighted by Crippen LogP contribution is -2.14. The number of para-hydroxylation sites is 2. The molecule has 0 unspecified atom stereocenters. The molecule has 0 N–H and O–H groups in total. The molecule has 0 spiro atoms. The zero-order chi connectivity index (χ0) is 50.7. The van der Waals surface area contributed by atoms with Crippen LogP contribution in [0.15, 0.2) is 279 Å². The third-order valence-electron chi connectivity index (χ3n) is 15.6. The minimum Gasteiger partial charge on any atom is -0.309 e.